The molecule has 0 aliphatic carbocycles. The van der Waals surface area contributed by atoms with Crippen molar-refractivity contribution >= 4 is 0 Å². The molecule has 1 atom stereocenters. The van der Waals surface area contributed by atoms with E-state index in [9.17, 15) is 0 Å². The summed E-state index contributed by atoms with van der Waals surface area (Å²) in [5, 5.41) is 11.8. The molecule has 15 heavy (non-hydrogen) atoms. The Morgan fingerprint density at radius 3 is 3.07 bits per heavy atom. The topological polar surface area (TPSA) is 49.0 Å². The predicted octanol–water partition coefficient (Wildman–Crippen LogP) is 2.49. The molecule has 0 spiro atoms. The average molecular weight is 206 g/mol. The molecular weight excluding hydrogens is 188 g/mol. The lowest BCUT2D eigenvalue weighted by atomic mass is 10.2. The summed E-state index contributed by atoms with van der Waals surface area (Å²) < 4.78 is 5.27. The summed E-state index contributed by atoms with van der Waals surface area (Å²) in [6, 6.07) is 6.48. The van der Waals surface area contributed by atoms with Gasteiger partial charge in [-0.25, -0.2) is 0 Å². The van der Waals surface area contributed by atoms with Crippen molar-refractivity contribution in [1.82, 2.24) is 5.32 Å². The maximum absolute atomic E-state index is 8.36. The van der Waals surface area contributed by atoms with Gasteiger partial charge in [-0.1, -0.05) is 0 Å². The van der Waals surface area contributed by atoms with E-state index in [1.54, 1.807) is 6.26 Å². The molecule has 0 saturated heterocycles. The molecule has 0 aliphatic heterocycles. The first-order chi connectivity index (χ1) is 7.33. The average Bonchev–Trinajstić information content (AvgIpc) is 2.70. The first-order valence-corrected chi connectivity index (χ1v) is 5.45. The van der Waals surface area contributed by atoms with Crippen LogP contribution in [0, 0.1) is 11.3 Å². The van der Waals surface area contributed by atoms with Gasteiger partial charge in [-0.05, 0) is 38.4 Å². The van der Waals surface area contributed by atoms with E-state index >= 15 is 0 Å². The van der Waals surface area contributed by atoms with Crippen molar-refractivity contribution in [3.05, 3.63) is 24.2 Å². The maximum atomic E-state index is 8.36. The fraction of sp³-hybridized carbons (Fsp3) is 0.583. The number of nitriles is 1. The van der Waals surface area contributed by atoms with Crippen LogP contribution in [0.3, 0.4) is 0 Å². The Morgan fingerprint density at radius 2 is 2.40 bits per heavy atom. The van der Waals surface area contributed by atoms with Crippen LogP contribution in [0.5, 0.6) is 0 Å². The number of hydrogen-bond acceptors (Lipinski definition) is 3. The van der Waals surface area contributed by atoms with Gasteiger partial charge in [0.2, 0.25) is 0 Å². The molecule has 3 heteroatoms. The number of unbranched alkanes of at least 4 members (excludes halogenated alkanes) is 2. The zero-order chi connectivity index (χ0) is 10.9. The Morgan fingerprint density at radius 1 is 1.53 bits per heavy atom. The molecule has 0 aliphatic rings. The van der Waals surface area contributed by atoms with E-state index in [1.807, 2.05) is 12.1 Å². The fourth-order valence-electron chi connectivity index (χ4n) is 1.48. The monoisotopic (exact) mass is 206 g/mol. The van der Waals surface area contributed by atoms with Crippen molar-refractivity contribution < 1.29 is 4.42 Å². The van der Waals surface area contributed by atoms with Crippen LogP contribution in [0.25, 0.3) is 0 Å². The van der Waals surface area contributed by atoms with Gasteiger partial charge in [0.1, 0.15) is 5.76 Å². The lowest BCUT2D eigenvalue weighted by molar-refractivity contribution is 0.453. The minimum absolute atomic E-state index is 0.429. The van der Waals surface area contributed by atoms with E-state index in [0.717, 1.165) is 31.6 Å². The van der Waals surface area contributed by atoms with Crippen molar-refractivity contribution in [2.45, 2.75) is 38.6 Å². The Bertz CT molecular complexity index is 287. The van der Waals surface area contributed by atoms with Gasteiger partial charge >= 0.3 is 0 Å². The fourth-order valence-corrected chi connectivity index (χ4v) is 1.48. The highest BCUT2D eigenvalue weighted by atomic mass is 16.3. The Labute approximate surface area is 91.1 Å². The third kappa shape index (κ3) is 5.24. The second-order valence-corrected chi connectivity index (χ2v) is 3.75. The molecule has 0 radical (unpaired) electrons. The molecule has 0 saturated carbocycles. The number of nitrogens with zero attached hydrogens (tertiary/aromatic N) is 1. The van der Waals surface area contributed by atoms with E-state index in [0.29, 0.717) is 12.5 Å². The SMILES string of the molecule is CC(Cc1ccco1)NCCCCC#N. The van der Waals surface area contributed by atoms with Gasteiger partial charge in [-0.15, -0.1) is 0 Å². The first kappa shape index (κ1) is 11.8. The van der Waals surface area contributed by atoms with Crippen LogP contribution < -0.4 is 5.32 Å². The first-order valence-electron chi connectivity index (χ1n) is 5.45. The normalized spacial score (nSPS) is 12.3. The minimum atomic E-state index is 0.429. The van der Waals surface area contributed by atoms with Crippen molar-refractivity contribution in [1.29, 1.82) is 5.26 Å². The van der Waals surface area contributed by atoms with Gasteiger partial charge in [-0.3, -0.25) is 0 Å². The molecule has 1 N–H and O–H groups in total. The maximum Gasteiger partial charge on any atom is 0.105 e. The quantitative estimate of drug-likeness (QED) is 0.697. The molecule has 0 aromatic carbocycles. The third-order valence-corrected chi connectivity index (χ3v) is 2.30. The molecule has 0 bridgehead atoms. The van der Waals surface area contributed by atoms with Gasteiger partial charge in [0.05, 0.1) is 12.3 Å². The number of hydrogen-bond donors (Lipinski definition) is 1. The highest BCUT2D eigenvalue weighted by molar-refractivity contribution is 4.99. The smallest absolute Gasteiger partial charge is 0.105 e. The van der Waals surface area contributed by atoms with Gasteiger partial charge in [-0.2, -0.15) is 5.26 Å². The van der Waals surface area contributed by atoms with E-state index < -0.39 is 0 Å². The highest BCUT2D eigenvalue weighted by Gasteiger charge is 2.03. The van der Waals surface area contributed by atoms with E-state index in [1.165, 1.54) is 0 Å². The predicted molar refractivity (Wildman–Crippen MR) is 59.3 cm³/mol. The van der Waals surface area contributed by atoms with Crippen LogP contribution in [-0.2, 0) is 6.42 Å². The lowest BCUT2D eigenvalue weighted by Gasteiger charge is -2.11. The molecular formula is C12H18N2O. The summed E-state index contributed by atoms with van der Waals surface area (Å²) in [6.45, 7) is 3.12. The Kier molecular flexibility index (Phi) is 5.57. The molecule has 0 amide bonds. The van der Waals surface area contributed by atoms with Crippen LogP contribution in [0.15, 0.2) is 22.8 Å². The van der Waals surface area contributed by atoms with Crippen LogP contribution >= 0.6 is 0 Å². The zero-order valence-electron chi connectivity index (χ0n) is 9.20. The van der Waals surface area contributed by atoms with Crippen LogP contribution in [0.2, 0.25) is 0 Å². The van der Waals surface area contributed by atoms with Crippen molar-refractivity contribution in [3.63, 3.8) is 0 Å². The lowest BCUT2D eigenvalue weighted by Crippen LogP contribution is -2.28. The van der Waals surface area contributed by atoms with E-state index in [-0.39, 0.29) is 0 Å². The third-order valence-electron chi connectivity index (χ3n) is 2.30. The summed E-state index contributed by atoms with van der Waals surface area (Å²) in [6.07, 6.45) is 5.33. The summed E-state index contributed by atoms with van der Waals surface area (Å²) >= 11 is 0. The van der Waals surface area contributed by atoms with Gasteiger partial charge in [0, 0.05) is 18.9 Å². The summed E-state index contributed by atoms with van der Waals surface area (Å²) in [7, 11) is 0. The largest absolute Gasteiger partial charge is 0.469 e. The van der Waals surface area contributed by atoms with Gasteiger partial charge < -0.3 is 9.73 Å². The second kappa shape index (κ2) is 7.08. The molecule has 1 rings (SSSR count). The zero-order valence-corrected chi connectivity index (χ0v) is 9.20. The van der Waals surface area contributed by atoms with E-state index in [2.05, 4.69) is 18.3 Å². The molecule has 1 aromatic rings. The molecule has 1 heterocycles. The summed E-state index contributed by atoms with van der Waals surface area (Å²) in [5.41, 5.74) is 0. The summed E-state index contributed by atoms with van der Waals surface area (Å²) in [5.74, 6) is 1.02. The highest BCUT2D eigenvalue weighted by Crippen LogP contribution is 2.03. The van der Waals surface area contributed by atoms with E-state index in [4.69, 9.17) is 9.68 Å². The van der Waals surface area contributed by atoms with Crippen LogP contribution in [0.1, 0.15) is 31.9 Å². The number of furan rings is 1. The number of nitrogens with one attached hydrogen (secondary N) is 1. The molecule has 82 valence electrons. The summed E-state index contributed by atoms with van der Waals surface area (Å²) in [4.78, 5) is 0. The molecule has 1 aromatic heterocycles. The number of rotatable bonds is 7. The van der Waals surface area contributed by atoms with Crippen LogP contribution in [-0.4, -0.2) is 12.6 Å². The van der Waals surface area contributed by atoms with Crippen LogP contribution in [0.4, 0.5) is 0 Å². The Hall–Kier alpha value is -1.27. The molecule has 1 unspecified atom stereocenters. The van der Waals surface area contributed by atoms with Crippen molar-refractivity contribution in [3.8, 4) is 6.07 Å². The second-order valence-electron chi connectivity index (χ2n) is 3.75. The van der Waals surface area contributed by atoms with Gasteiger partial charge in [0.15, 0.2) is 0 Å². The van der Waals surface area contributed by atoms with Crippen molar-refractivity contribution in [2.75, 3.05) is 6.54 Å². The molecule has 3 nitrogen and oxygen atoms in total. The Balaban J connectivity index is 2.04. The van der Waals surface area contributed by atoms with Gasteiger partial charge in [0.25, 0.3) is 0 Å². The van der Waals surface area contributed by atoms with Crippen molar-refractivity contribution in [2.24, 2.45) is 0 Å². The molecule has 0 fully saturated rings. The minimum Gasteiger partial charge on any atom is -0.469 e. The standard InChI is InChI=1S/C12H18N2O/c1-11(10-12-6-5-9-15-12)14-8-4-2-3-7-13/h5-6,9,11,14H,2-4,8,10H2,1H3.